The van der Waals surface area contributed by atoms with Crippen molar-refractivity contribution in [2.45, 2.75) is 18.9 Å². The lowest BCUT2D eigenvalue weighted by atomic mass is 10.1. The maximum atomic E-state index is 12.8. The first-order valence-electron chi connectivity index (χ1n) is 7.58. The summed E-state index contributed by atoms with van der Waals surface area (Å²) in [5.74, 6) is -0.869. The van der Waals surface area contributed by atoms with Crippen LogP contribution in [0.25, 0.3) is 0 Å². The second kappa shape index (κ2) is 8.88. The first kappa shape index (κ1) is 17.7. The Morgan fingerprint density at radius 1 is 1.17 bits per heavy atom. The third-order valence-electron chi connectivity index (χ3n) is 3.46. The van der Waals surface area contributed by atoms with Gasteiger partial charge in [-0.25, -0.2) is 4.39 Å². The number of hydrogen-bond donors (Lipinski definition) is 1. The molecule has 1 atom stereocenters. The van der Waals surface area contributed by atoms with Gasteiger partial charge in [-0.05, 0) is 36.4 Å². The summed E-state index contributed by atoms with van der Waals surface area (Å²) < 4.78 is 18.0. The summed E-state index contributed by atoms with van der Waals surface area (Å²) in [5, 5.41) is 2.81. The van der Waals surface area contributed by atoms with Crippen LogP contribution in [-0.4, -0.2) is 30.4 Å². The number of rotatable bonds is 8. The smallest absolute Gasteiger partial charge is 0.221 e. The standard InChI is InChI=1S/C18H19FN2O3/c1-24-12-16(15-4-2-3-11-20-15)21-18(23)10-9-17(22)13-5-7-14(19)8-6-13/h2-8,11,16H,9-10,12H2,1H3,(H,21,23). The van der Waals surface area contributed by atoms with Crippen molar-refractivity contribution < 1.29 is 18.7 Å². The minimum absolute atomic E-state index is 0.0449. The number of halogens is 1. The van der Waals surface area contributed by atoms with Crippen molar-refractivity contribution in [2.75, 3.05) is 13.7 Å². The van der Waals surface area contributed by atoms with E-state index < -0.39 is 5.82 Å². The molecule has 1 heterocycles. The van der Waals surface area contributed by atoms with Gasteiger partial charge < -0.3 is 10.1 Å². The second-order valence-corrected chi connectivity index (χ2v) is 5.26. The molecule has 2 rings (SSSR count). The monoisotopic (exact) mass is 330 g/mol. The van der Waals surface area contributed by atoms with Gasteiger partial charge in [0.1, 0.15) is 5.82 Å². The van der Waals surface area contributed by atoms with Crippen LogP contribution in [0.1, 0.15) is 34.9 Å². The highest BCUT2D eigenvalue weighted by atomic mass is 19.1. The van der Waals surface area contributed by atoms with E-state index in [9.17, 15) is 14.0 Å². The highest BCUT2D eigenvalue weighted by molar-refractivity contribution is 5.97. The van der Waals surface area contributed by atoms with E-state index in [-0.39, 0.29) is 37.2 Å². The number of nitrogens with one attached hydrogen (secondary N) is 1. The van der Waals surface area contributed by atoms with E-state index in [0.717, 1.165) is 0 Å². The molecule has 6 heteroatoms. The molecule has 126 valence electrons. The van der Waals surface area contributed by atoms with Gasteiger partial charge in [0.25, 0.3) is 0 Å². The predicted octanol–water partition coefficient (Wildman–Crippen LogP) is 2.69. The maximum Gasteiger partial charge on any atom is 0.221 e. The van der Waals surface area contributed by atoms with Crippen molar-refractivity contribution in [3.05, 3.63) is 65.7 Å². The molecule has 1 amide bonds. The van der Waals surface area contributed by atoms with Gasteiger partial charge in [-0.15, -0.1) is 0 Å². The fourth-order valence-electron chi connectivity index (χ4n) is 2.22. The summed E-state index contributed by atoms with van der Waals surface area (Å²) in [7, 11) is 1.54. The van der Waals surface area contributed by atoms with Crippen molar-refractivity contribution >= 4 is 11.7 Å². The topological polar surface area (TPSA) is 68.3 Å². The number of methoxy groups -OCH3 is 1. The molecule has 24 heavy (non-hydrogen) atoms. The number of amides is 1. The molecule has 5 nitrogen and oxygen atoms in total. The van der Waals surface area contributed by atoms with E-state index in [0.29, 0.717) is 11.3 Å². The molecular formula is C18H19FN2O3. The normalized spacial score (nSPS) is 11.8. The summed E-state index contributed by atoms with van der Waals surface area (Å²) >= 11 is 0. The molecule has 1 aromatic carbocycles. The Morgan fingerprint density at radius 2 is 1.92 bits per heavy atom. The molecule has 0 aliphatic rings. The number of ether oxygens (including phenoxy) is 1. The van der Waals surface area contributed by atoms with Crippen LogP contribution in [0.2, 0.25) is 0 Å². The number of carbonyl (C=O) groups excluding carboxylic acids is 2. The average molecular weight is 330 g/mol. The number of nitrogens with zero attached hydrogens (tertiary/aromatic N) is 1. The lowest BCUT2D eigenvalue weighted by molar-refractivity contribution is -0.122. The largest absolute Gasteiger partial charge is 0.382 e. The van der Waals surface area contributed by atoms with Gasteiger partial charge in [-0.2, -0.15) is 0 Å². The van der Waals surface area contributed by atoms with Gasteiger partial charge in [0.15, 0.2) is 5.78 Å². The summed E-state index contributed by atoms with van der Waals surface area (Å²) in [5.41, 5.74) is 1.08. The average Bonchev–Trinajstić information content (AvgIpc) is 2.60. The van der Waals surface area contributed by atoms with E-state index in [2.05, 4.69) is 10.3 Å². The summed E-state index contributed by atoms with van der Waals surface area (Å²) in [4.78, 5) is 28.3. The van der Waals surface area contributed by atoms with Crippen LogP contribution in [0.15, 0.2) is 48.7 Å². The number of ketones is 1. The van der Waals surface area contributed by atoms with Gasteiger partial charge in [0.05, 0.1) is 18.3 Å². The lowest BCUT2D eigenvalue weighted by Gasteiger charge is -2.17. The highest BCUT2D eigenvalue weighted by Gasteiger charge is 2.16. The van der Waals surface area contributed by atoms with Crippen molar-refractivity contribution in [3.63, 3.8) is 0 Å². The molecule has 0 bridgehead atoms. The minimum Gasteiger partial charge on any atom is -0.382 e. The van der Waals surface area contributed by atoms with Crippen LogP contribution < -0.4 is 5.32 Å². The molecule has 2 aromatic rings. The molecule has 0 aliphatic carbocycles. The van der Waals surface area contributed by atoms with Crippen LogP contribution in [0.4, 0.5) is 4.39 Å². The number of hydrogen-bond acceptors (Lipinski definition) is 4. The van der Waals surface area contributed by atoms with E-state index in [1.807, 2.05) is 6.07 Å². The molecule has 0 radical (unpaired) electrons. The fraction of sp³-hybridized carbons (Fsp3) is 0.278. The predicted molar refractivity (Wildman–Crippen MR) is 87.0 cm³/mol. The van der Waals surface area contributed by atoms with Crippen LogP contribution in [-0.2, 0) is 9.53 Å². The Hall–Kier alpha value is -2.60. The molecule has 1 N–H and O–H groups in total. The SMILES string of the molecule is COCC(NC(=O)CCC(=O)c1ccc(F)cc1)c1ccccn1. The number of aromatic nitrogens is 1. The zero-order valence-electron chi connectivity index (χ0n) is 13.4. The van der Waals surface area contributed by atoms with Gasteiger partial charge in [0.2, 0.25) is 5.91 Å². The highest BCUT2D eigenvalue weighted by Crippen LogP contribution is 2.11. The Kier molecular flexibility index (Phi) is 6.57. The zero-order valence-corrected chi connectivity index (χ0v) is 13.4. The van der Waals surface area contributed by atoms with E-state index in [1.165, 1.54) is 24.3 Å². The van der Waals surface area contributed by atoms with E-state index in [1.54, 1.807) is 25.4 Å². The molecule has 1 unspecified atom stereocenters. The van der Waals surface area contributed by atoms with Gasteiger partial charge in [-0.1, -0.05) is 6.07 Å². The Bertz CT molecular complexity index is 674. The molecule has 0 aliphatic heterocycles. The van der Waals surface area contributed by atoms with Crippen LogP contribution in [0.5, 0.6) is 0 Å². The Labute approximate surface area is 139 Å². The second-order valence-electron chi connectivity index (χ2n) is 5.26. The molecule has 0 saturated heterocycles. The lowest BCUT2D eigenvalue weighted by Crippen LogP contribution is -2.32. The molecular weight excluding hydrogens is 311 g/mol. The van der Waals surface area contributed by atoms with Crippen molar-refractivity contribution in [3.8, 4) is 0 Å². The number of pyridine rings is 1. The first-order valence-corrected chi connectivity index (χ1v) is 7.58. The van der Waals surface area contributed by atoms with Gasteiger partial charge in [-0.3, -0.25) is 14.6 Å². The third kappa shape index (κ3) is 5.24. The Morgan fingerprint density at radius 3 is 2.54 bits per heavy atom. The van der Waals surface area contributed by atoms with Crippen LogP contribution in [0, 0.1) is 5.82 Å². The van der Waals surface area contributed by atoms with Crippen LogP contribution >= 0.6 is 0 Å². The number of carbonyl (C=O) groups is 2. The molecule has 0 fully saturated rings. The number of benzene rings is 1. The van der Waals surface area contributed by atoms with Crippen molar-refractivity contribution in [1.82, 2.24) is 10.3 Å². The number of Topliss-reactive ketones (excluding diaryl/α,β-unsaturated/α-hetero) is 1. The molecule has 0 spiro atoms. The van der Waals surface area contributed by atoms with Crippen molar-refractivity contribution in [1.29, 1.82) is 0 Å². The zero-order chi connectivity index (χ0) is 17.4. The van der Waals surface area contributed by atoms with E-state index in [4.69, 9.17) is 4.74 Å². The summed E-state index contributed by atoms with van der Waals surface area (Å²) in [6.07, 6.45) is 1.74. The minimum atomic E-state index is -0.401. The van der Waals surface area contributed by atoms with Crippen molar-refractivity contribution in [2.24, 2.45) is 0 Å². The fourth-order valence-corrected chi connectivity index (χ4v) is 2.22. The molecule has 0 saturated carbocycles. The molecule has 1 aromatic heterocycles. The quantitative estimate of drug-likeness (QED) is 0.756. The first-order chi connectivity index (χ1) is 11.6. The van der Waals surface area contributed by atoms with E-state index >= 15 is 0 Å². The maximum absolute atomic E-state index is 12.8. The van der Waals surface area contributed by atoms with Gasteiger partial charge in [0, 0.05) is 31.7 Å². The summed E-state index contributed by atoms with van der Waals surface area (Å²) in [6, 6.07) is 10.3. The Balaban J connectivity index is 1.89. The van der Waals surface area contributed by atoms with Crippen LogP contribution in [0.3, 0.4) is 0 Å². The van der Waals surface area contributed by atoms with Gasteiger partial charge >= 0.3 is 0 Å². The summed E-state index contributed by atoms with van der Waals surface area (Å²) in [6.45, 7) is 0.286. The third-order valence-corrected chi connectivity index (χ3v) is 3.46.